The fourth-order valence-corrected chi connectivity index (χ4v) is 3.27. The predicted octanol–water partition coefficient (Wildman–Crippen LogP) is 5.82. The van der Waals surface area contributed by atoms with Crippen LogP contribution < -0.4 is 0 Å². The highest BCUT2D eigenvalue weighted by Gasteiger charge is 2.71. The van der Waals surface area contributed by atoms with Gasteiger partial charge in [-0.25, -0.2) is 20.5 Å². The Kier molecular flexibility index (Phi) is 7.65. The van der Waals surface area contributed by atoms with Gasteiger partial charge in [0.25, 0.3) is 0 Å². The van der Waals surface area contributed by atoms with Gasteiger partial charge in [-0.05, 0) is 0 Å². The minimum atomic E-state index is -7.56. The molecule has 0 N–H and O–H groups in total. The predicted molar refractivity (Wildman–Crippen MR) is 63.1 cm³/mol. The lowest BCUT2D eigenvalue weighted by atomic mass is 9.97. The van der Waals surface area contributed by atoms with Gasteiger partial charge >= 0.3 is 42.4 Å². The van der Waals surface area contributed by atoms with E-state index < -0.39 is 68.1 Å². The van der Waals surface area contributed by atoms with Gasteiger partial charge in [0.05, 0.1) is 0 Å². The summed E-state index contributed by atoms with van der Waals surface area (Å²) in [5.41, 5.74) is 0. The molecule has 0 aliphatic carbocycles. The molecule has 0 aromatic carbocycles. The Morgan fingerprint density at radius 2 is 1.12 bits per heavy atom. The van der Waals surface area contributed by atoms with E-state index in [2.05, 4.69) is 8.54 Å². The second kappa shape index (κ2) is 7.82. The molecule has 26 heavy (non-hydrogen) atoms. The summed E-state index contributed by atoms with van der Waals surface area (Å²) in [6, 6.07) is 0. The van der Waals surface area contributed by atoms with Gasteiger partial charge in [0.2, 0.25) is 0 Å². The number of halogens is 13. The van der Waals surface area contributed by atoms with Crippen molar-refractivity contribution in [2.24, 2.45) is 0 Å². The third kappa shape index (κ3) is 7.22. The highest BCUT2D eigenvalue weighted by molar-refractivity contribution is 6.66. The van der Waals surface area contributed by atoms with E-state index in [1.54, 1.807) is 0 Å². The maximum absolute atomic E-state index is 13.3. The molecule has 0 atom stereocenters. The molecule has 0 rings (SSSR count). The van der Waals surface area contributed by atoms with Crippen LogP contribution >= 0.6 is 0 Å². The summed E-state index contributed by atoms with van der Waals surface area (Å²) in [6.45, 7) is 0.945. The van der Waals surface area contributed by atoms with Crippen molar-refractivity contribution >= 4 is 18.5 Å². The van der Waals surface area contributed by atoms with Crippen LogP contribution in [0.25, 0.3) is 0 Å². The van der Waals surface area contributed by atoms with Crippen LogP contribution in [-0.2, 0) is 8.54 Å². The van der Waals surface area contributed by atoms with Gasteiger partial charge in [-0.15, -0.1) is 0 Å². The molecular formula is C9H11F13O2Si2. The zero-order chi connectivity index (χ0) is 21.2. The Balaban J connectivity index is 5.13. The fourth-order valence-electron chi connectivity index (χ4n) is 1.58. The van der Waals surface area contributed by atoms with Gasteiger partial charge in [0.15, 0.2) is 0 Å². The molecule has 17 heteroatoms. The lowest BCUT2D eigenvalue weighted by Crippen LogP contribution is -2.54. The molecule has 0 heterocycles. The minimum absolute atomic E-state index is 0.672. The number of alkyl halides is 8. The maximum Gasteiger partial charge on any atom is 0.797 e. The Morgan fingerprint density at radius 1 is 0.692 bits per heavy atom. The van der Waals surface area contributed by atoms with E-state index in [0.29, 0.717) is 0 Å². The Labute approximate surface area is 140 Å². The van der Waals surface area contributed by atoms with Crippen molar-refractivity contribution in [1.29, 1.82) is 0 Å². The highest BCUT2D eigenvalue weighted by Crippen LogP contribution is 2.50. The van der Waals surface area contributed by atoms with E-state index in [1.807, 2.05) is 0 Å². The average molecular weight is 454 g/mol. The van der Waals surface area contributed by atoms with Crippen LogP contribution in [0.4, 0.5) is 55.7 Å². The van der Waals surface area contributed by atoms with Crippen molar-refractivity contribution in [2.75, 3.05) is 0 Å². The Bertz CT molecular complexity index is 465. The third-order valence-corrected chi connectivity index (χ3v) is 5.13. The molecule has 0 bridgehead atoms. The molecule has 0 amide bonds. The number of hydrogen-bond acceptors (Lipinski definition) is 2. The molecule has 0 aromatic heterocycles. The van der Waals surface area contributed by atoms with Gasteiger partial charge in [-0.3, -0.25) is 4.43 Å². The van der Waals surface area contributed by atoms with Gasteiger partial charge in [0, 0.05) is 19.3 Å². The van der Waals surface area contributed by atoms with E-state index in [0.717, 1.165) is 6.92 Å². The molecule has 0 radical (unpaired) electrons. The molecule has 0 aliphatic rings. The quantitative estimate of drug-likeness (QED) is 0.223. The first-order valence-electron chi connectivity index (χ1n) is 6.54. The van der Waals surface area contributed by atoms with Crippen LogP contribution in [0.3, 0.4) is 0 Å². The van der Waals surface area contributed by atoms with Crippen molar-refractivity contribution < 1.29 is 64.2 Å². The van der Waals surface area contributed by atoms with Crippen LogP contribution in [0.15, 0.2) is 0 Å². The lowest BCUT2D eigenvalue weighted by Gasteiger charge is -2.33. The van der Waals surface area contributed by atoms with Crippen molar-refractivity contribution in [3.05, 3.63) is 0 Å². The first-order valence-corrected chi connectivity index (χ1v) is 9.66. The lowest BCUT2D eigenvalue weighted by molar-refractivity contribution is -0.318. The zero-order valence-electron chi connectivity index (χ0n) is 12.6. The largest absolute Gasteiger partial charge is 0.797 e. The summed E-state index contributed by atoms with van der Waals surface area (Å²) >= 11 is 0. The Hall–Kier alpha value is -0.556. The van der Waals surface area contributed by atoms with Gasteiger partial charge in [-0.1, -0.05) is 13.3 Å². The molecule has 0 unspecified atom stereocenters. The standard InChI is InChI=1S/C9H11F13O2Si2/c1-2-3-6(10,11)9(16,17)7(12,13)4-5-8(14,15)23-26(21,22)24-25(18,19)20/h2-5H2,1H3. The molecular weight excluding hydrogens is 443 g/mol. The van der Waals surface area contributed by atoms with Gasteiger partial charge in [-0.2, -0.15) is 35.1 Å². The Morgan fingerprint density at radius 3 is 1.50 bits per heavy atom. The van der Waals surface area contributed by atoms with Crippen molar-refractivity contribution in [3.8, 4) is 0 Å². The highest BCUT2D eigenvalue weighted by atomic mass is 28.5. The summed E-state index contributed by atoms with van der Waals surface area (Å²) in [5.74, 6) is -17.2. The zero-order valence-corrected chi connectivity index (χ0v) is 14.6. The van der Waals surface area contributed by atoms with Crippen LogP contribution in [0.1, 0.15) is 32.6 Å². The minimum Gasteiger partial charge on any atom is -0.310 e. The first-order chi connectivity index (χ1) is 11.2. The molecule has 0 saturated carbocycles. The van der Waals surface area contributed by atoms with Gasteiger partial charge in [0.1, 0.15) is 0 Å². The van der Waals surface area contributed by atoms with Crippen LogP contribution in [0.5, 0.6) is 0 Å². The van der Waals surface area contributed by atoms with E-state index >= 15 is 0 Å². The van der Waals surface area contributed by atoms with Crippen molar-refractivity contribution in [3.63, 3.8) is 0 Å². The first kappa shape index (κ1) is 25.4. The molecule has 2 nitrogen and oxygen atoms in total. The van der Waals surface area contributed by atoms with Crippen molar-refractivity contribution in [1.82, 2.24) is 0 Å². The monoisotopic (exact) mass is 454 g/mol. The van der Waals surface area contributed by atoms with Crippen LogP contribution in [0, 0.1) is 0 Å². The molecule has 158 valence electrons. The van der Waals surface area contributed by atoms with Crippen molar-refractivity contribution in [2.45, 2.75) is 56.5 Å². The smallest absolute Gasteiger partial charge is 0.310 e. The van der Waals surface area contributed by atoms with Crippen LogP contribution in [0.2, 0.25) is 0 Å². The SMILES string of the molecule is CCCC(F)(F)C(F)(F)C(F)(F)CCC(F)(F)O[Si](F)(F)O[Si](F)(F)F. The summed E-state index contributed by atoms with van der Waals surface area (Å²) in [5, 5.41) is 0. The van der Waals surface area contributed by atoms with Crippen LogP contribution in [-0.4, -0.2) is 42.4 Å². The molecule has 0 saturated heterocycles. The van der Waals surface area contributed by atoms with E-state index in [4.69, 9.17) is 0 Å². The van der Waals surface area contributed by atoms with E-state index in [9.17, 15) is 55.7 Å². The topological polar surface area (TPSA) is 18.5 Å². The molecule has 0 aliphatic heterocycles. The van der Waals surface area contributed by atoms with E-state index in [-0.39, 0.29) is 0 Å². The molecule has 0 fully saturated rings. The summed E-state index contributed by atoms with van der Waals surface area (Å²) in [4.78, 5) is 0. The second-order valence-corrected chi connectivity index (χ2v) is 7.82. The summed E-state index contributed by atoms with van der Waals surface area (Å²) in [7, 11) is -15.1. The van der Waals surface area contributed by atoms with E-state index in [1.165, 1.54) is 0 Å². The third-order valence-electron chi connectivity index (χ3n) is 2.72. The summed E-state index contributed by atoms with van der Waals surface area (Å²) in [6.07, 6.45) is -13.3. The maximum atomic E-state index is 13.3. The second-order valence-electron chi connectivity index (χ2n) is 4.98. The normalized spacial score (nSPS) is 15.5. The average Bonchev–Trinajstić information content (AvgIpc) is 2.31. The number of hydrogen-bond donors (Lipinski definition) is 0. The summed E-state index contributed by atoms with van der Waals surface area (Å²) < 4.78 is 170. The number of rotatable bonds is 11. The molecule has 0 spiro atoms. The van der Waals surface area contributed by atoms with Gasteiger partial charge < -0.3 is 4.12 Å². The fraction of sp³-hybridized carbons (Fsp3) is 1.00. The molecule has 0 aromatic rings.